The highest BCUT2D eigenvalue weighted by Crippen LogP contribution is 2.30. The van der Waals surface area contributed by atoms with Crippen LogP contribution in [0.5, 0.6) is 5.75 Å². The Bertz CT molecular complexity index is 1290. The molecule has 0 aromatic heterocycles. The van der Waals surface area contributed by atoms with Crippen LogP contribution in [0.2, 0.25) is 0 Å². The molecule has 1 aliphatic rings. The highest BCUT2D eigenvalue weighted by Gasteiger charge is 2.28. The van der Waals surface area contributed by atoms with Crippen molar-refractivity contribution in [2.24, 2.45) is 0 Å². The first-order chi connectivity index (χ1) is 16.9. The maximum absolute atomic E-state index is 13.0. The number of ether oxygens (including phenoxy) is 1. The van der Waals surface area contributed by atoms with Gasteiger partial charge in [-0.1, -0.05) is 48.5 Å². The molecule has 3 aromatic carbocycles. The summed E-state index contributed by atoms with van der Waals surface area (Å²) >= 11 is 0. The second-order valence-corrected chi connectivity index (χ2v) is 10.0. The van der Waals surface area contributed by atoms with Crippen LogP contribution in [-0.4, -0.2) is 33.4 Å². The molecule has 2 amide bonds. The maximum Gasteiger partial charge on any atom is 0.251 e. The minimum atomic E-state index is -3.71. The van der Waals surface area contributed by atoms with E-state index in [9.17, 15) is 18.0 Å². The number of anilines is 1. The summed E-state index contributed by atoms with van der Waals surface area (Å²) in [5.74, 6) is -0.382. The molecule has 1 saturated carbocycles. The van der Waals surface area contributed by atoms with E-state index in [-0.39, 0.29) is 29.0 Å². The Labute approximate surface area is 204 Å². The Morgan fingerprint density at radius 1 is 0.971 bits per heavy atom. The molecule has 182 valence electrons. The molecule has 8 nitrogen and oxygen atoms in total. The summed E-state index contributed by atoms with van der Waals surface area (Å²) < 4.78 is 33.2. The van der Waals surface area contributed by atoms with Gasteiger partial charge in [-0.05, 0) is 48.7 Å². The second kappa shape index (κ2) is 10.7. The fraction of sp³-hybridized carbons (Fsp3) is 0.231. The monoisotopic (exact) mass is 493 g/mol. The van der Waals surface area contributed by atoms with Crippen LogP contribution in [0.4, 0.5) is 5.69 Å². The van der Waals surface area contributed by atoms with Gasteiger partial charge in [0.2, 0.25) is 15.9 Å². The molecule has 35 heavy (non-hydrogen) atoms. The van der Waals surface area contributed by atoms with E-state index in [2.05, 4.69) is 15.4 Å². The fourth-order valence-electron chi connectivity index (χ4n) is 3.60. The standard InChI is InChI=1S/C26H27N3O5S/c1-34-24-15-14-21(35(32,33)29-20-12-13-20)16-23(24)27-25(30)17-22(18-8-4-2-5-9-18)28-26(31)19-10-6-3-7-11-19/h2-11,14-16,20,22,29H,12-13,17H2,1H3,(H,27,30)(H,28,31). The summed E-state index contributed by atoms with van der Waals surface area (Å²) in [6.07, 6.45) is 1.56. The number of rotatable bonds is 10. The third-order valence-corrected chi connectivity index (χ3v) is 7.11. The summed E-state index contributed by atoms with van der Waals surface area (Å²) in [6, 6.07) is 21.6. The van der Waals surface area contributed by atoms with Crippen LogP contribution in [0, 0.1) is 0 Å². The largest absolute Gasteiger partial charge is 0.495 e. The topological polar surface area (TPSA) is 114 Å². The van der Waals surface area contributed by atoms with Crippen molar-refractivity contribution in [3.05, 3.63) is 90.0 Å². The van der Waals surface area contributed by atoms with Gasteiger partial charge in [-0.25, -0.2) is 13.1 Å². The maximum atomic E-state index is 13.0. The molecule has 9 heteroatoms. The van der Waals surface area contributed by atoms with E-state index in [4.69, 9.17) is 4.74 Å². The summed E-state index contributed by atoms with van der Waals surface area (Å²) in [4.78, 5) is 25.9. The minimum absolute atomic E-state index is 0.0393. The van der Waals surface area contributed by atoms with Gasteiger partial charge in [0.05, 0.1) is 30.2 Å². The first kappa shape index (κ1) is 24.4. The number of carbonyl (C=O) groups excluding carboxylic acids is 2. The van der Waals surface area contributed by atoms with E-state index in [1.54, 1.807) is 24.3 Å². The molecule has 3 N–H and O–H groups in total. The number of nitrogens with one attached hydrogen (secondary N) is 3. The van der Waals surface area contributed by atoms with Crippen LogP contribution >= 0.6 is 0 Å². The zero-order chi connectivity index (χ0) is 24.8. The molecule has 0 heterocycles. The van der Waals surface area contributed by atoms with Gasteiger partial charge in [0.25, 0.3) is 5.91 Å². The van der Waals surface area contributed by atoms with Crippen LogP contribution < -0.4 is 20.1 Å². The van der Waals surface area contributed by atoms with Crippen molar-refractivity contribution in [2.45, 2.75) is 36.2 Å². The predicted molar refractivity (Wildman–Crippen MR) is 133 cm³/mol. The number of hydrogen-bond acceptors (Lipinski definition) is 5. The van der Waals surface area contributed by atoms with Gasteiger partial charge >= 0.3 is 0 Å². The molecule has 0 aliphatic heterocycles. The Kier molecular flexibility index (Phi) is 7.48. The van der Waals surface area contributed by atoms with Crippen molar-refractivity contribution in [1.29, 1.82) is 0 Å². The van der Waals surface area contributed by atoms with Gasteiger partial charge in [0.15, 0.2) is 0 Å². The molecule has 1 fully saturated rings. The van der Waals surface area contributed by atoms with E-state index in [1.165, 1.54) is 25.3 Å². The lowest BCUT2D eigenvalue weighted by Crippen LogP contribution is -2.31. The van der Waals surface area contributed by atoms with Crippen molar-refractivity contribution in [3.8, 4) is 5.75 Å². The minimum Gasteiger partial charge on any atom is -0.495 e. The van der Waals surface area contributed by atoms with Crippen LogP contribution in [-0.2, 0) is 14.8 Å². The Balaban J connectivity index is 1.53. The first-order valence-corrected chi connectivity index (χ1v) is 12.7. The lowest BCUT2D eigenvalue weighted by atomic mass is 10.0. The summed E-state index contributed by atoms with van der Waals surface area (Å²) in [5.41, 5.74) is 1.48. The van der Waals surface area contributed by atoms with Crippen molar-refractivity contribution in [1.82, 2.24) is 10.0 Å². The molecule has 0 bridgehead atoms. The number of sulfonamides is 1. The van der Waals surface area contributed by atoms with E-state index >= 15 is 0 Å². The molecule has 0 saturated heterocycles. The average molecular weight is 494 g/mol. The average Bonchev–Trinajstić information content (AvgIpc) is 3.68. The van der Waals surface area contributed by atoms with E-state index in [1.807, 2.05) is 36.4 Å². The van der Waals surface area contributed by atoms with Gasteiger partial charge in [0.1, 0.15) is 5.75 Å². The van der Waals surface area contributed by atoms with Crippen molar-refractivity contribution in [2.75, 3.05) is 12.4 Å². The first-order valence-electron chi connectivity index (χ1n) is 11.3. The van der Waals surface area contributed by atoms with Crippen LogP contribution in [0.15, 0.2) is 83.8 Å². The third kappa shape index (κ3) is 6.46. The van der Waals surface area contributed by atoms with E-state index in [0.29, 0.717) is 11.3 Å². The van der Waals surface area contributed by atoms with E-state index < -0.39 is 22.0 Å². The molecule has 0 spiro atoms. The van der Waals surface area contributed by atoms with Gasteiger partial charge in [-0.3, -0.25) is 9.59 Å². The van der Waals surface area contributed by atoms with Crippen LogP contribution in [0.1, 0.15) is 41.2 Å². The summed E-state index contributed by atoms with van der Waals surface area (Å²) in [7, 11) is -2.27. The SMILES string of the molecule is COc1ccc(S(=O)(=O)NC2CC2)cc1NC(=O)CC(NC(=O)c1ccccc1)c1ccccc1. The molecule has 0 radical (unpaired) electrons. The Hall–Kier alpha value is -3.69. The number of carbonyl (C=O) groups is 2. The predicted octanol–water partition coefficient (Wildman–Crippen LogP) is 3.64. The fourth-order valence-corrected chi connectivity index (χ4v) is 4.93. The van der Waals surface area contributed by atoms with Gasteiger partial charge < -0.3 is 15.4 Å². The third-order valence-electron chi connectivity index (χ3n) is 5.59. The van der Waals surface area contributed by atoms with Crippen LogP contribution in [0.3, 0.4) is 0 Å². The van der Waals surface area contributed by atoms with Gasteiger partial charge in [-0.15, -0.1) is 0 Å². The highest BCUT2D eigenvalue weighted by molar-refractivity contribution is 7.89. The summed E-state index contributed by atoms with van der Waals surface area (Å²) in [6.45, 7) is 0. The molecule has 1 atom stereocenters. The molecule has 1 unspecified atom stereocenters. The number of benzene rings is 3. The highest BCUT2D eigenvalue weighted by atomic mass is 32.2. The normalized spacial score (nSPS) is 14.1. The zero-order valence-electron chi connectivity index (χ0n) is 19.2. The lowest BCUT2D eigenvalue weighted by Gasteiger charge is -2.20. The molecular formula is C26H27N3O5S. The molecule has 3 aromatic rings. The lowest BCUT2D eigenvalue weighted by molar-refractivity contribution is -0.116. The number of methoxy groups -OCH3 is 1. The Morgan fingerprint density at radius 2 is 1.63 bits per heavy atom. The second-order valence-electron chi connectivity index (χ2n) is 8.31. The quantitative estimate of drug-likeness (QED) is 0.399. The van der Waals surface area contributed by atoms with E-state index in [0.717, 1.165) is 18.4 Å². The smallest absolute Gasteiger partial charge is 0.251 e. The Morgan fingerprint density at radius 3 is 2.26 bits per heavy atom. The number of hydrogen-bond donors (Lipinski definition) is 3. The molecule has 4 rings (SSSR count). The number of amides is 2. The summed E-state index contributed by atoms with van der Waals surface area (Å²) in [5, 5.41) is 5.67. The molecule has 1 aliphatic carbocycles. The zero-order valence-corrected chi connectivity index (χ0v) is 20.0. The van der Waals surface area contributed by atoms with Crippen LogP contribution in [0.25, 0.3) is 0 Å². The molecular weight excluding hydrogens is 466 g/mol. The van der Waals surface area contributed by atoms with Crippen molar-refractivity contribution in [3.63, 3.8) is 0 Å². The van der Waals surface area contributed by atoms with Gasteiger partial charge in [-0.2, -0.15) is 0 Å². The van der Waals surface area contributed by atoms with Crippen molar-refractivity contribution < 1.29 is 22.7 Å². The van der Waals surface area contributed by atoms with Crippen molar-refractivity contribution >= 4 is 27.5 Å². The van der Waals surface area contributed by atoms with Gasteiger partial charge in [0, 0.05) is 11.6 Å².